The van der Waals surface area contributed by atoms with Gasteiger partial charge in [-0.1, -0.05) is 0 Å². The van der Waals surface area contributed by atoms with E-state index in [9.17, 15) is 9.59 Å². The Labute approximate surface area is 154 Å². The zero-order valence-corrected chi connectivity index (χ0v) is 16.3. The van der Waals surface area contributed by atoms with Crippen LogP contribution in [0.25, 0.3) is 0 Å². The monoisotopic (exact) mass is 363 g/mol. The van der Waals surface area contributed by atoms with Gasteiger partial charge in [-0.15, -0.1) is 11.3 Å². The Morgan fingerprint density at radius 1 is 1.20 bits per heavy atom. The van der Waals surface area contributed by atoms with Crippen LogP contribution in [-0.2, 0) is 22.6 Å². The molecule has 3 heterocycles. The van der Waals surface area contributed by atoms with Gasteiger partial charge in [-0.25, -0.2) is 0 Å². The van der Waals surface area contributed by atoms with Gasteiger partial charge in [0.1, 0.15) is 0 Å². The molecular formula is C19H29N3O2S. The molecule has 6 heteroatoms. The maximum absolute atomic E-state index is 12.9. The van der Waals surface area contributed by atoms with Crippen LogP contribution in [0.5, 0.6) is 0 Å². The molecule has 0 bridgehead atoms. The molecular weight excluding hydrogens is 334 g/mol. The van der Waals surface area contributed by atoms with Crippen LogP contribution in [0, 0.1) is 5.92 Å². The van der Waals surface area contributed by atoms with Crippen LogP contribution in [0.2, 0.25) is 0 Å². The van der Waals surface area contributed by atoms with Crippen molar-refractivity contribution in [3.8, 4) is 0 Å². The van der Waals surface area contributed by atoms with E-state index in [0.717, 1.165) is 45.4 Å². The molecule has 0 spiro atoms. The van der Waals surface area contributed by atoms with E-state index in [1.807, 2.05) is 25.7 Å². The summed E-state index contributed by atoms with van der Waals surface area (Å²) in [7, 11) is 0. The largest absolute Gasteiger partial charge is 0.354 e. The van der Waals surface area contributed by atoms with Gasteiger partial charge >= 0.3 is 0 Å². The van der Waals surface area contributed by atoms with Crippen molar-refractivity contribution >= 4 is 23.2 Å². The minimum Gasteiger partial charge on any atom is -0.354 e. The van der Waals surface area contributed by atoms with E-state index in [1.165, 1.54) is 10.4 Å². The maximum atomic E-state index is 12.9. The number of carbonyl (C=O) groups is 2. The molecule has 3 rings (SSSR count). The number of nitrogens with one attached hydrogen (secondary N) is 1. The van der Waals surface area contributed by atoms with Crippen LogP contribution in [0.4, 0.5) is 0 Å². The molecule has 5 nitrogen and oxygen atoms in total. The van der Waals surface area contributed by atoms with Crippen LogP contribution in [-0.4, -0.2) is 53.3 Å². The van der Waals surface area contributed by atoms with Crippen LogP contribution in [0.15, 0.2) is 11.4 Å². The average molecular weight is 364 g/mol. The summed E-state index contributed by atoms with van der Waals surface area (Å²) >= 11 is 1.80. The lowest BCUT2D eigenvalue weighted by Gasteiger charge is -2.38. The van der Waals surface area contributed by atoms with Gasteiger partial charge in [0, 0.05) is 29.9 Å². The molecule has 2 aliphatic heterocycles. The van der Waals surface area contributed by atoms with Gasteiger partial charge in [0.05, 0.1) is 6.04 Å². The summed E-state index contributed by atoms with van der Waals surface area (Å²) in [4.78, 5) is 30.7. The fourth-order valence-electron chi connectivity index (χ4n) is 3.81. The molecule has 2 aliphatic rings. The minimum atomic E-state index is -0.103. The van der Waals surface area contributed by atoms with E-state index in [2.05, 4.69) is 21.7 Å². The molecule has 0 saturated carbocycles. The molecule has 2 amide bonds. The highest BCUT2D eigenvalue weighted by atomic mass is 32.1. The van der Waals surface area contributed by atoms with E-state index in [-0.39, 0.29) is 29.8 Å². The second kappa shape index (κ2) is 7.87. The quantitative estimate of drug-likeness (QED) is 0.893. The van der Waals surface area contributed by atoms with E-state index < -0.39 is 0 Å². The summed E-state index contributed by atoms with van der Waals surface area (Å²) in [6.07, 6.45) is 2.65. The first-order valence-corrected chi connectivity index (χ1v) is 10.2. The molecule has 0 unspecified atom stereocenters. The number of hydrogen-bond donors (Lipinski definition) is 1. The third-order valence-corrected chi connectivity index (χ3v) is 6.38. The van der Waals surface area contributed by atoms with Crippen molar-refractivity contribution < 1.29 is 9.59 Å². The number of likely N-dealkylation sites (tertiary alicyclic amines) is 1. The summed E-state index contributed by atoms with van der Waals surface area (Å²) in [6.45, 7) is 9.21. The lowest BCUT2D eigenvalue weighted by Crippen LogP contribution is -2.51. The van der Waals surface area contributed by atoms with E-state index in [0.29, 0.717) is 0 Å². The molecule has 0 aromatic carbocycles. The SMILES string of the molecule is CC(C)NC(=O)C1CCN([C@@H](C)C(=O)N2CCc3sccc3C2)CC1. The summed E-state index contributed by atoms with van der Waals surface area (Å²) in [5.41, 5.74) is 1.31. The Bertz CT molecular complexity index is 620. The molecule has 138 valence electrons. The number of rotatable bonds is 4. The Balaban J connectivity index is 1.51. The standard InChI is InChI=1S/C19H29N3O2S/c1-13(2)20-18(23)15-4-8-21(9-5-15)14(3)19(24)22-10-6-17-16(12-22)7-11-25-17/h7,11,13-15H,4-6,8-10,12H2,1-3H3,(H,20,23)/t14-/m0/s1. The Morgan fingerprint density at radius 3 is 2.60 bits per heavy atom. The highest BCUT2D eigenvalue weighted by Gasteiger charge is 2.32. The predicted octanol–water partition coefficient (Wildman–Crippen LogP) is 2.26. The van der Waals surface area contributed by atoms with Gasteiger partial charge in [-0.05, 0) is 70.1 Å². The van der Waals surface area contributed by atoms with Crippen molar-refractivity contribution in [2.45, 2.75) is 58.7 Å². The zero-order valence-electron chi connectivity index (χ0n) is 15.5. The number of fused-ring (bicyclic) bond motifs is 1. The van der Waals surface area contributed by atoms with E-state index >= 15 is 0 Å². The summed E-state index contributed by atoms with van der Waals surface area (Å²) in [5, 5.41) is 5.13. The van der Waals surface area contributed by atoms with Crippen molar-refractivity contribution in [1.82, 2.24) is 15.1 Å². The van der Waals surface area contributed by atoms with Crippen molar-refractivity contribution in [1.29, 1.82) is 0 Å². The highest BCUT2D eigenvalue weighted by Crippen LogP contribution is 2.26. The van der Waals surface area contributed by atoms with Gasteiger partial charge in [0.15, 0.2) is 0 Å². The summed E-state index contributed by atoms with van der Waals surface area (Å²) < 4.78 is 0. The second-order valence-corrected chi connectivity index (χ2v) is 8.53. The molecule has 1 fully saturated rings. The number of hydrogen-bond acceptors (Lipinski definition) is 4. The van der Waals surface area contributed by atoms with Gasteiger partial charge in [0.25, 0.3) is 0 Å². The first-order chi connectivity index (χ1) is 12.0. The molecule has 1 aromatic heterocycles. The Kier molecular flexibility index (Phi) is 5.79. The topological polar surface area (TPSA) is 52.7 Å². The molecule has 0 aliphatic carbocycles. The van der Waals surface area contributed by atoms with Crippen LogP contribution >= 0.6 is 11.3 Å². The first kappa shape index (κ1) is 18.4. The maximum Gasteiger partial charge on any atom is 0.239 e. The first-order valence-electron chi connectivity index (χ1n) is 9.34. The van der Waals surface area contributed by atoms with Crippen LogP contribution < -0.4 is 5.32 Å². The third-order valence-electron chi connectivity index (χ3n) is 5.36. The Morgan fingerprint density at radius 2 is 1.92 bits per heavy atom. The number of nitrogens with zero attached hydrogens (tertiary/aromatic N) is 2. The lowest BCUT2D eigenvalue weighted by molar-refractivity contribution is -0.138. The van der Waals surface area contributed by atoms with E-state index in [1.54, 1.807) is 11.3 Å². The zero-order chi connectivity index (χ0) is 18.0. The molecule has 1 N–H and O–H groups in total. The fourth-order valence-corrected chi connectivity index (χ4v) is 4.70. The molecule has 25 heavy (non-hydrogen) atoms. The van der Waals surface area contributed by atoms with Gasteiger partial charge in [-0.2, -0.15) is 0 Å². The van der Waals surface area contributed by atoms with Crippen molar-refractivity contribution in [2.24, 2.45) is 5.92 Å². The fraction of sp³-hybridized carbons (Fsp3) is 0.684. The van der Waals surface area contributed by atoms with Crippen LogP contribution in [0.3, 0.4) is 0 Å². The summed E-state index contributed by atoms with van der Waals surface area (Å²) in [6, 6.07) is 2.23. The van der Waals surface area contributed by atoms with E-state index in [4.69, 9.17) is 0 Å². The molecule has 1 saturated heterocycles. The highest BCUT2D eigenvalue weighted by molar-refractivity contribution is 7.10. The normalized spacial score (nSPS) is 20.4. The second-order valence-electron chi connectivity index (χ2n) is 7.53. The number of carbonyl (C=O) groups excluding carboxylic acids is 2. The Hall–Kier alpha value is -1.40. The van der Waals surface area contributed by atoms with Gasteiger partial charge in [0.2, 0.25) is 11.8 Å². The van der Waals surface area contributed by atoms with Crippen molar-refractivity contribution in [2.75, 3.05) is 19.6 Å². The summed E-state index contributed by atoms with van der Waals surface area (Å²) in [5.74, 6) is 0.473. The van der Waals surface area contributed by atoms with Crippen LogP contribution in [0.1, 0.15) is 44.1 Å². The number of thiophene rings is 1. The van der Waals surface area contributed by atoms with Crippen molar-refractivity contribution in [3.63, 3.8) is 0 Å². The minimum absolute atomic E-state index is 0.0873. The molecule has 1 atom stereocenters. The van der Waals surface area contributed by atoms with Crippen molar-refractivity contribution in [3.05, 3.63) is 21.9 Å². The smallest absolute Gasteiger partial charge is 0.239 e. The average Bonchev–Trinajstić information content (AvgIpc) is 3.07. The number of amides is 2. The molecule has 1 aromatic rings. The molecule has 0 radical (unpaired) electrons. The third kappa shape index (κ3) is 4.23. The van der Waals surface area contributed by atoms with Gasteiger partial charge < -0.3 is 10.2 Å². The number of piperidine rings is 1. The predicted molar refractivity (Wildman–Crippen MR) is 100 cm³/mol. The van der Waals surface area contributed by atoms with Gasteiger partial charge in [-0.3, -0.25) is 14.5 Å². The lowest BCUT2D eigenvalue weighted by atomic mass is 9.94.